The van der Waals surface area contributed by atoms with Crippen LogP contribution in [0.2, 0.25) is 0 Å². The van der Waals surface area contributed by atoms with Crippen LogP contribution < -0.4 is 13.3 Å². The first-order valence-electron chi connectivity index (χ1n) is 21.6. The van der Waals surface area contributed by atoms with Crippen molar-refractivity contribution in [3.05, 3.63) is 214 Å². The summed E-state index contributed by atoms with van der Waals surface area (Å²) in [4.78, 5) is 0. The van der Waals surface area contributed by atoms with Crippen LogP contribution in [-0.2, 0) is 67.6 Å². The third kappa shape index (κ3) is 7.28. The van der Waals surface area contributed by atoms with E-state index in [0.717, 1.165) is 25.7 Å². The zero-order valence-electron chi connectivity index (χ0n) is 35.8. The van der Waals surface area contributed by atoms with E-state index in [0.29, 0.717) is 0 Å². The second-order valence-corrected chi connectivity index (χ2v) is 37.7. The number of rotatable bonds is 4. The summed E-state index contributed by atoms with van der Waals surface area (Å²) in [7, 11) is 0. The van der Waals surface area contributed by atoms with Crippen molar-refractivity contribution in [2.24, 2.45) is 0 Å². The second-order valence-electron chi connectivity index (χ2n) is 17.4. The Bertz CT molecular complexity index is 2730. The Kier molecular flexibility index (Phi) is 12.3. The molecule has 4 aliphatic rings. The van der Waals surface area contributed by atoms with Crippen LogP contribution in [0.5, 0.6) is 0 Å². The minimum Gasteiger partial charge on any atom is -0.147 e. The molecule has 4 heteroatoms. The molecule has 4 aliphatic carbocycles. The minimum absolute atomic E-state index is 0. The third-order valence-corrected chi connectivity index (χ3v) is 35.1. The Morgan fingerprint density at radius 1 is 0.274 bits per heavy atom. The molecule has 0 fully saturated rings. The average molecular weight is 1170 g/mol. The van der Waals surface area contributed by atoms with E-state index < -0.39 is 41.9 Å². The van der Waals surface area contributed by atoms with Crippen molar-refractivity contribution >= 4 is 44.6 Å². The van der Waals surface area contributed by atoms with Gasteiger partial charge < -0.3 is 0 Å². The molecule has 8 aromatic carbocycles. The summed E-state index contributed by atoms with van der Waals surface area (Å²) in [5.41, 5.74) is 24.1. The average Bonchev–Trinajstić information content (AvgIpc) is 4.05. The van der Waals surface area contributed by atoms with Gasteiger partial charge in [0.25, 0.3) is 0 Å². The molecule has 0 nitrogen and oxygen atoms in total. The van der Waals surface area contributed by atoms with E-state index >= 15 is 0 Å². The molecule has 304 valence electrons. The van der Waals surface area contributed by atoms with E-state index in [4.69, 9.17) is 0 Å². The summed E-state index contributed by atoms with van der Waals surface area (Å²) in [6, 6.07) is 64.3. The number of halogens is 2. The predicted molar refractivity (Wildman–Crippen MR) is 264 cm³/mol. The van der Waals surface area contributed by atoms with Gasteiger partial charge in [0.05, 0.1) is 0 Å². The molecule has 0 unspecified atom stereocenters. The minimum atomic E-state index is -2.41. The van der Waals surface area contributed by atoms with E-state index in [1.54, 1.807) is 42.0 Å². The van der Waals surface area contributed by atoms with Crippen molar-refractivity contribution in [3.63, 3.8) is 0 Å². The molecule has 12 rings (SSSR count). The fourth-order valence-electron chi connectivity index (χ4n) is 10.9. The van der Waals surface area contributed by atoms with Gasteiger partial charge in [-0.3, -0.25) is 0 Å². The molecule has 0 saturated heterocycles. The van der Waals surface area contributed by atoms with Gasteiger partial charge in [-0.15, -0.1) is 24.8 Å². The van der Waals surface area contributed by atoms with Gasteiger partial charge in [0.1, 0.15) is 0 Å². The molecule has 62 heavy (non-hydrogen) atoms. The Morgan fingerprint density at radius 2 is 0.484 bits per heavy atom. The van der Waals surface area contributed by atoms with Gasteiger partial charge in [-0.1, -0.05) is 0 Å². The fraction of sp³-hybridized carbons (Fsp3) is 0.138. The first-order chi connectivity index (χ1) is 29.4. The third-order valence-electron chi connectivity index (χ3n) is 13.5. The summed E-state index contributed by atoms with van der Waals surface area (Å²) in [5, 5.41) is 0. The van der Waals surface area contributed by atoms with E-state index in [-0.39, 0.29) is 24.8 Å². The van der Waals surface area contributed by atoms with E-state index in [2.05, 4.69) is 198 Å². The molecule has 0 aliphatic heterocycles. The molecule has 8 aromatic rings. The van der Waals surface area contributed by atoms with E-state index in [1.807, 2.05) is 0 Å². The zero-order valence-corrected chi connectivity index (χ0v) is 44.6. The molecule has 0 N–H and O–H groups in total. The van der Waals surface area contributed by atoms with Gasteiger partial charge in [-0.05, 0) is 0 Å². The molecule has 0 spiro atoms. The summed E-state index contributed by atoms with van der Waals surface area (Å²) in [6.07, 6.45) is 4.38. The Balaban J connectivity index is 0.000000153. The van der Waals surface area contributed by atoms with Gasteiger partial charge in [0, 0.05) is 0 Å². The molecule has 0 aromatic heterocycles. The van der Waals surface area contributed by atoms with Gasteiger partial charge in [0.15, 0.2) is 0 Å². The maximum atomic E-state index is 2.46. The smallest absolute Gasteiger partial charge is 0.147 e. The van der Waals surface area contributed by atoms with Crippen LogP contribution in [0.25, 0.3) is 44.5 Å². The first kappa shape index (κ1) is 43.1. The maximum absolute atomic E-state index is 2.46. The number of benzene rings is 8. The van der Waals surface area contributed by atoms with Crippen LogP contribution in [0.3, 0.4) is 0 Å². The SMILES string of the molecule is C[C](C)=[Hf]([c]1cccc2c1Cc1ccccc1-2)[c]1cccc2c1Cc1ccccc1-2.C[C](C)=[Hf]([c]1cccc2c1Cc1ccccc1-2)[c]1cccc2c1Cc1ccccc1-2.Cl.Cl. The van der Waals surface area contributed by atoms with Crippen molar-refractivity contribution in [2.45, 2.75) is 53.4 Å². The second kappa shape index (κ2) is 17.8. The predicted octanol–water partition coefficient (Wildman–Crippen LogP) is 12.1. The Morgan fingerprint density at radius 3 is 0.710 bits per heavy atom. The molecular formula is C58H50Cl2Hf2. The normalized spacial score (nSPS) is 12.3. The quantitative estimate of drug-likeness (QED) is 0.154. The van der Waals surface area contributed by atoms with E-state index in [1.165, 1.54) is 66.8 Å². The van der Waals surface area contributed by atoms with Crippen LogP contribution in [0.15, 0.2) is 170 Å². The summed E-state index contributed by atoms with van der Waals surface area (Å²) >= 11 is -4.83. The Hall–Kier alpha value is -4.18. The molecule has 0 amide bonds. The maximum Gasteiger partial charge on any atom is -0.147 e. The standard InChI is InChI=1S/4C13H9.2C3H6.2ClH.2Hf/c4*1-3-7-12-10(5-1)9-11-6-2-4-8-13(11)12;2*1-3-2;;;;/h4*1-5,7-8H,9H2;2*1-2H3;2*1H;;. The molecular weight excluding hydrogens is 1120 g/mol. The molecule has 0 heterocycles. The summed E-state index contributed by atoms with van der Waals surface area (Å²) in [6.45, 7) is 9.58. The van der Waals surface area contributed by atoms with Crippen LogP contribution in [0, 0.1) is 0 Å². The summed E-state index contributed by atoms with van der Waals surface area (Å²) < 4.78 is 10.1. The van der Waals surface area contributed by atoms with Gasteiger partial charge in [0.2, 0.25) is 0 Å². The molecule has 0 saturated carbocycles. The number of hydrogen-bond donors (Lipinski definition) is 0. The van der Waals surface area contributed by atoms with Gasteiger partial charge in [-0.25, -0.2) is 0 Å². The van der Waals surface area contributed by atoms with Gasteiger partial charge in [-0.2, -0.15) is 0 Å². The van der Waals surface area contributed by atoms with Gasteiger partial charge >= 0.3 is 374 Å². The fourth-order valence-corrected chi connectivity index (χ4v) is 32.1. The first-order valence-corrected chi connectivity index (χ1v) is 32.4. The molecule has 0 atom stereocenters. The van der Waals surface area contributed by atoms with E-state index in [9.17, 15) is 0 Å². The number of hydrogen-bond acceptors (Lipinski definition) is 0. The monoisotopic (exact) mass is 1180 g/mol. The van der Waals surface area contributed by atoms with Crippen molar-refractivity contribution in [2.75, 3.05) is 0 Å². The van der Waals surface area contributed by atoms with Crippen LogP contribution >= 0.6 is 24.8 Å². The molecule has 0 radical (unpaired) electrons. The van der Waals surface area contributed by atoms with Crippen LogP contribution in [0.1, 0.15) is 72.2 Å². The van der Waals surface area contributed by atoms with Crippen LogP contribution in [-0.4, -0.2) is 6.51 Å². The summed E-state index contributed by atoms with van der Waals surface area (Å²) in [5.74, 6) is 0. The topological polar surface area (TPSA) is 0 Å². The Labute approximate surface area is 395 Å². The zero-order chi connectivity index (χ0) is 40.5. The van der Waals surface area contributed by atoms with Crippen LogP contribution in [0.4, 0.5) is 0 Å². The van der Waals surface area contributed by atoms with Crippen molar-refractivity contribution < 1.29 is 41.9 Å². The molecule has 0 bridgehead atoms. The number of fused-ring (bicyclic) bond motifs is 12. The largest absolute Gasteiger partial charge is 0.147 e. The van der Waals surface area contributed by atoms with Crippen molar-refractivity contribution in [1.82, 2.24) is 0 Å². The van der Waals surface area contributed by atoms with Crippen molar-refractivity contribution in [3.8, 4) is 44.5 Å². The van der Waals surface area contributed by atoms with Crippen molar-refractivity contribution in [1.29, 1.82) is 0 Å².